The van der Waals surface area contributed by atoms with Gasteiger partial charge in [0, 0.05) is 77.3 Å². The number of nitrogens with zero attached hydrogens (tertiary/aromatic N) is 3. The van der Waals surface area contributed by atoms with Crippen LogP contribution < -0.4 is 15.5 Å². The number of aliphatic imine (C=N–C) groups is 1. The molecule has 1 aliphatic carbocycles. The van der Waals surface area contributed by atoms with Gasteiger partial charge in [0.15, 0.2) is 5.76 Å². The maximum absolute atomic E-state index is 13.3. The van der Waals surface area contributed by atoms with Gasteiger partial charge < -0.3 is 29.4 Å². The summed E-state index contributed by atoms with van der Waals surface area (Å²) in [5.74, 6) is 0.292. The van der Waals surface area contributed by atoms with Crippen LogP contribution in [0.2, 0.25) is 0 Å². The van der Waals surface area contributed by atoms with Crippen LogP contribution in [-0.2, 0) is 14.3 Å². The first-order valence-corrected chi connectivity index (χ1v) is 13.0. The SMILES string of the molecule is COC1CC(OC)CC2C(=O)N(c3ccc(C(=O)NC4=C(N5CCNCC5)CC(C)N=C4)o3)CC2C1. The zero-order chi connectivity index (χ0) is 25.2. The molecule has 5 atom stereocenters. The van der Waals surface area contributed by atoms with Crippen molar-refractivity contribution in [2.24, 2.45) is 16.8 Å². The smallest absolute Gasteiger partial charge is 0.291 e. The Kier molecular flexibility index (Phi) is 7.45. The van der Waals surface area contributed by atoms with E-state index in [4.69, 9.17) is 13.9 Å². The minimum absolute atomic E-state index is 0.00942. The summed E-state index contributed by atoms with van der Waals surface area (Å²) >= 11 is 0. The van der Waals surface area contributed by atoms with Crippen LogP contribution in [0.15, 0.2) is 32.9 Å². The van der Waals surface area contributed by atoms with Gasteiger partial charge in [0.2, 0.25) is 11.8 Å². The van der Waals surface area contributed by atoms with Crippen molar-refractivity contribution < 1.29 is 23.5 Å². The Balaban J connectivity index is 1.30. The Morgan fingerprint density at radius 3 is 2.64 bits per heavy atom. The lowest BCUT2D eigenvalue weighted by atomic mass is 9.90. The van der Waals surface area contributed by atoms with E-state index in [9.17, 15) is 9.59 Å². The van der Waals surface area contributed by atoms with Gasteiger partial charge in [-0.05, 0) is 38.2 Å². The van der Waals surface area contributed by atoms with Crippen molar-refractivity contribution in [3.8, 4) is 0 Å². The number of fused-ring (bicyclic) bond motifs is 1. The van der Waals surface area contributed by atoms with Crippen LogP contribution in [0.4, 0.5) is 5.88 Å². The Morgan fingerprint density at radius 2 is 1.89 bits per heavy atom. The van der Waals surface area contributed by atoms with E-state index >= 15 is 0 Å². The van der Waals surface area contributed by atoms with E-state index < -0.39 is 0 Å². The lowest BCUT2D eigenvalue weighted by Gasteiger charge is -2.35. The number of dihydropyridines is 1. The molecule has 1 aromatic rings. The highest BCUT2D eigenvalue weighted by Gasteiger charge is 2.46. The number of methoxy groups -OCH3 is 2. The van der Waals surface area contributed by atoms with Crippen LogP contribution in [0.1, 0.15) is 43.2 Å². The second kappa shape index (κ2) is 10.7. The molecule has 5 unspecified atom stereocenters. The Labute approximate surface area is 212 Å². The van der Waals surface area contributed by atoms with Crippen LogP contribution in [0.25, 0.3) is 0 Å². The molecule has 0 radical (unpaired) electrons. The predicted octanol–water partition coefficient (Wildman–Crippen LogP) is 1.78. The van der Waals surface area contributed by atoms with Crippen molar-refractivity contribution >= 4 is 23.9 Å². The average molecular weight is 500 g/mol. The van der Waals surface area contributed by atoms with E-state index in [0.717, 1.165) is 51.1 Å². The fourth-order valence-corrected chi connectivity index (χ4v) is 5.91. The topological polar surface area (TPSA) is 109 Å². The largest absolute Gasteiger partial charge is 0.435 e. The first kappa shape index (κ1) is 25.0. The van der Waals surface area contributed by atoms with E-state index in [1.165, 1.54) is 0 Å². The highest BCUT2D eigenvalue weighted by molar-refractivity contribution is 5.99. The molecule has 0 bridgehead atoms. The third kappa shape index (κ3) is 5.07. The first-order chi connectivity index (χ1) is 17.5. The highest BCUT2D eigenvalue weighted by atomic mass is 16.5. The number of rotatable bonds is 6. The molecule has 10 nitrogen and oxygen atoms in total. The predicted molar refractivity (Wildman–Crippen MR) is 135 cm³/mol. The van der Waals surface area contributed by atoms with Crippen molar-refractivity contribution in [2.75, 3.05) is 51.8 Å². The lowest BCUT2D eigenvalue weighted by Crippen LogP contribution is -2.45. The number of carbonyl (C=O) groups is 2. The molecule has 10 heteroatoms. The molecule has 0 aromatic carbocycles. The summed E-state index contributed by atoms with van der Waals surface area (Å²) in [6.45, 7) is 6.25. The van der Waals surface area contributed by atoms with Gasteiger partial charge >= 0.3 is 0 Å². The second-order valence-electron chi connectivity index (χ2n) is 10.3. The van der Waals surface area contributed by atoms with Gasteiger partial charge in [-0.1, -0.05) is 0 Å². The summed E-state index contributed by atoms with van der Waals surface area (Å²) in [6, 6.07) is 3.52. The van der Waals surface area contributed by atoms with Gasteiger partial charge in [-0.25, -0.2) is 0 Å². The summed E-state index contributed by atoms with van der Waals surface area (Å²) in [5, 5.41) is 6.37. The third-order valence-corrected chi connectivity index (χ3v) is 7.93. The molecular weight excluding hydrogens is 462 g/mol. The zero-order valence-corrected chi connectivity index (χ0v) is 21.4. The van der Waals surface area contributed by atoms with Gasteiger partial charge in [-0.15, -0.1) is 0 Å². The molecule has 1 aromatic heterocycles. The number of carbonyl (C=O) groups excluding carboxylic acids is 2. The molecule has 5 rings (SSSR count). The number of ether oxygens (including phenoxy) is 2. The number of allylic oxidation sites excluding steroid dienone is 1. The normalized spacial score (nSPS) is 31.0. The third-order valence-electron chi connectivity index (χ3n) is 7.93. The van der Waals surface area contributed by atoms with Crippen molar-refractivity contribution in [1.82, 2.24) is 15.5 Å². The molecule has 2 amide bonds. The molecule has 4 heterocycles. The number of nitrogens with one attached hydrogen (secondary N) is 2. The number of hydrogen-bond acceptors (Lipinski definition) is 8. The quantitative estimate of drug-likeness (QED) is 0.614. The lowest BCUT2D eigenvalue weighted by molar-refractivity contribution is -0.122. The number of anilines is 1. The van der Waals surface area contributed by atoms with Crippen LogP contribution >= 0.6 is 0 Å². The molecule has 3 fully saturated rings. The van der Waals surface area contributed by atoms with E-state index in [-0.39, 0.29) is 47.7 Å². The van der Waals surface area contributed by atoms with Crippen molar-refractivity contribution in [1.29, 1.82) is 0 Å². The number of furan rings is 1. The summed E-state index contributed by atoms with van der Waals surface area (Å²) in [7, 11) is 3.40. The molecule has 196 valence electrons. The first-order valence-electron chi connectivity index (χ1n) is 13.0. The average Bonchev–Trinajstić information content (AvgIpc) is 3.44. The monoisotopic (exact) mass is 499 g/mol. The number of amides is 2. The summed E-state index contributed by atoms with van der Waals surface area (Å²) in [5.41, 5.74) is 1.82. The molecular formula is C26H37N5O5. The molecule has 1 saturated carbocycles. The Bertz CT molecular complexity index is 1030. The zero-order valence-electron chi connectivity index (χ0n) is 21.4. The fraction of sp³-hybridized carbons (Fsp3) is 0.654. The van der Waals surface area contributed by atoms with Crippen molar-refractivity contribution in [2.45, 2.75) is 50.9 Å². The van der Waals surface area contributed by atoms with Crippen LogP contribution in [0, 0.1) is 11.8 Å². The summed E-state index contributed by atoms with van der Waals surface area (Å²) in [6.07, 6.45) is 4.86. The van der Waals surface area contributed by atoms with Crippen LogP contribution in [-0.4, -0.2) is 88.1 Å². The van der Waals surface area contributed by atoms with Crippen LogP contribution in [0.5, 0.6) is 0 Å². The number of piperazine rings is 1. The minimum atomic E-state index is -0.343. The maximum atomic E-state index is 13.3. The second-order valence-corrected chi connectivity index (χ2v) is 10.3. The molecule has 36 heavy (non-hydrogen) atoms. The van der Waals surface area contributed by atoms with E-state index in [1.54, 1.807) is 37.5 Å². The fourth-order valence-electron chi connectivity index (χ4n) is 5.91. The van der Waals surface area contributed by atoms with Gasteiger partial charge in [0.1, 0.15) is 0 Å². The minimum Gasteiger partial charge on any atom is -0.435 e. The number of hydrogen-bond donors (Lipinski definition) is 2. The van der Waals surface area contributed by atoms with E-state index in [0.29, 0.717) is 24.5 Å². The van der Waals surface area contributed by atoms with E-state index in [1.807, 2.05) is 0 Å². The Hall–Kier alpha value is -2.69. The van der Waals surface area contributed by atoms with Gasteiger partial charge in [0.25, 0.3) is 5.91 Å². The highest BCUT2D eigenvalue weighted by Crippen LogP contribution is 2.40. The van der Waals surface area contributed by atoms with Gasteiger partial charge in [0.05, 0.1) is 23.9 Å². The van der Waals surface area contributed by atoms with Gasteiger partial charge in [-0.3, -0.25) is 19.5 Å². The van der Waals surface area contributed by atoms with Crippen molar-refractivity contribution in [3.63, 3.8) is 0 Å². The van der Waals surface area contributed by atoms with Crippen LogP contribution in [0.3, 0.4) is 0 Å². The Morgan fingerprint density at radius 1 is 1.14 bits per heavy atom. The molecule has 0 spiro atoms. The molecule has 2 saturated heterocycles. The van der Waals surface area contributed by atoms with Crippen molar-refractivity contribution in [3.05, 3.63) is 29.3 Å². The molecule has 4 aliphatic rings. The summed E-state index contributed by atoms with van der Waals surface area (Å²) in [4.78, 5) is 35.0. The molecule has 2 N–H and O–H groups in total. The summed E-state index contributed by atoms with van der Waals surface area (Å²) < 4.78 is 17.2. The van der Waals surface area contributed by atoms with E-state index in [2.05, 4.69) is 27.4 Å². The standard InChI is InChI=1S/C26H37N5O5/c1-16-10-22(30-8-6-27-7-9-30)21(14-28-16)29-25(32)23-4-5-24(36-23)31-15-17-11-18(34-2)12-19(35-3)13-20(17)26(31)33/h4-5,14,16-20,27H,6-13,15H2,1-3H3,(H,29,32). The molecule has 3 aliphatic heterocycles. The maximum Gasteiger partial charge on any atom is 0.291 e. The van der Waals surface area contributed by atoms with Gasteiger partial charge in [-0.2, -0.15) is 0 Å².